The van der Waals surface area contributed by atoms with Gasteiger partial charge < -0.3 is 10.0 Å². The first-order valence-corrected chi connectivity index (χ1v) is 3.68. The number of rotatable bonds is 0. The molecule has 3 heteroatoms. The highest BCUT2D eigenvalue weighted by Crippen LogP contribution is 2.14. The number of nitrogens with zero attached hydrogens (tertiary/aromatic N) is 1. The van der Waals surface area contributed by atoms with E-state index < -0.39 is 6.09 Å². The van der Waals surface area contributed by atoms with E-state index in [9.17, 15) is 4.79 Å². The zero-order valence-electron chi connectivity index (χ0n) is 6.21. The quantitative estimate of drug-likeness (QED) is 0.556. The molecule has 0 spiro atoms. The van der Waals surface area contributed by atoms with Crippen molar-refractivity contribution in [1.82, 2.24) is 4.90 Å². The summed E-state index contributed by atoms with van der Waals surface area (Å²) < 4.78 is 0. The van der Waals surface area contributed by atoms with Gasteiger partial charge in [-0.1, -0.05) is 6.92 Å². The van der Waals surface area contributed by atoms with Crippen molar-refractivity contribution in [2.45, 2.75) is 19.8 Å². The Bertz CT molecular complexity index is 136. The number of likely N-dealkylation sites (tertiary alicyclic amines) is 1. The van der Waals surface area contributed by atoms with Crippen molar-refractivity contribution in [3.05, 3.63) is 0 Å². The van der Waals surface area contributed by atoms with Gasteiger partial charge in [-0.3, -0.25) is 0 Å². The van der Waals surface area contributed by atoms with Gasteiger partial charge in [-0.2, -0.15) is 0 Å². The van der Waals surface area contributed by atoms with E-state index in [0.29, 0.717) is 5.92 Å². The van der Waals surface area contributed by atoms with Crippen molar-refractivity contribution in [2.24, 2.45) is 5.92 Å². The molecule has 58 valence electrons. The smallest absolute Gasteiger partial charge is 0.407 e. The second-order valence-electron chi connectivity index (χ2n) is 2.98. The molecule has 0 saturated carbocycles. The Labute approximate surface area is 60.6 Å². The van der Waals surface area contributed by atoms with Crippen LogP contribution in [0.3, 0.4) is 0 Å². The molecule has 1 atom stereocenters. The second-order valence-corrected chi connectivity index (χ2v) is 2.98. The predicted octanol–water partition coefficient (Wildman–Crippen LogP) is 1.40. The first-order chi connectivity index (χ1) is 4.70. The molecule has 0 aliphatic carbocycles. The molecule has 1 saturated heterocycles. The van der Waals surface area contributed by atoms with E-state index in [0.717, 1.165) is 19.5 Å². The van der Waals surface area contributed by atoms with Crippen LogP contribution >= 0.6 is 0 Å². The summed E-state index contributed by atoms with van der Waals surface area (Å²) in [6, 6.07) is 0. The van der Waals surface area contributed by atoms with Gasteiger partial charge in [0, 0.05) is 13.1 Å². The summed E-state index contributed by atoms with van der Waals surface area (Å²) in [5, 5.41) is 8.58. The average Bonchev–Trinajstić information content (AvgIpc) is 1.88. The van der Waals surface area contributed by atoms with Crippen LogP contribution in [0.4, 0.5) is 4.79 Å². The summed E-state index contributed by atoms with van der Waals surface area (Å²) in [5.74, 6) is 0.546. The summed E-state index contributed by atoms with van der Waals surface area (Å²) >= 11 is 0. The van der Waals surface area contributed by atoms with E-state index in [1.54, 1.807) is 0 Å². The molecule has 1 fully saturated rings. The summed E-state index contributed by atoms with van der Waals surface area (Å²) in [4.78, 5) is 11.9. The Hall–Kier alpha value is -0.730. The molecule has 1 unspecified atom stereocenters. The number of hydrogen-bond donors (Lipinski definition) is 1. The van der Waals surface area contributed by atoms with Crippen molar-refractivity contribution >= 4 is 6.09 Å². The maximum absolute atomic E-state index is 10.4. The van der Waals surface area contributed by atoms with Crippen molar-refractivity contribution in [2.75, 3.05) is 13.1 Å². The standard InChI is InChI=1S/C7H13NO2/c1-6-3-2-4-8(5-6)7(9)10/h6H,2-5H2,1H3,(H,9,10). The Balaban J connectivity index is 2.39. The zero-order chi connectivity index (χ0) is 7.56. The van der Waals surface area contributed by atoms with Crippen LogP contribution < -0.4 is 0 Å². The number of carboxylic acid groups (broad SMARTS) is 1. The fourth-order valence-corrected chi connectivity index (χ4v) is 1.36. The van der Waals surface area contributed by atoms with Crippen LogP contribution in [-0.4, -0.2) is 29.2 Å². The third-order valence-electron chi connectivity index (χ3n) is 1.93. The van der Waals surface area contributed by atoms with E-state index in [1.807, 2.05) is 0 Å². The van der Waals surface area contributed by atoms with Crippen LogP contribution in [0.1, 0.15) is 19.8 Å². The maximum Gasteiger partial charge on any atom is 0.407 e. The van der Waals surface area contributed by atoms with Crippen molar-refractivity contribution < 1.29 is 9.90 Å². The molecule has 0 aromatic heterocycles. The fraction of sp³-hybridized carbons (Fsp3) is 0.857. The summed E-state index contributed by atoms with van der Waals surface area (Å²) in [6.45, 7) is 3.53. The fourth-order valence-electron chi connectivity index (χ4n) is 1.36. The highest BCUT2D eigenvalue weighted by atomic mass is 16.4. The van der Waals surface area contributed by atoms with Crippen LogP contribution in [0.5, 0.6) is 0 Å². The van der Waals surface area contributed by atoms with E-state index >= 15 is 0 Å². The third-order valence-corrected chi connectivity index (χ3v) is 1.93. The van der Waals surface area contributed by atoms with Crippen molar-refractivity contribution in [3.8, 4) is 0 Å². The molecule has 1 amide bonds. The van der Waals surface area contributed by atoms with Crippen molar-refractivity contribution in [1.29, 1.82) is 0 Å². The van der Waals surface area contributed by atoms with Crippen LogP contribution in [0.2, 0.25) is 0 Å². The molecule has 0 radical (unpaired) electrons. The van der Waals surface area contributed by atoms with Crippen LogP contribution in [0, 0.1) is 5.92 Å². The zero-order valence-corrected chi connectivity index (χ0v) is 6.21. The number of piperidine rings is 1. The molecular formula is C7H13NO2. The first-order valence-electron chi connectivity index (χ1n) is 3.68. The van der Waals surface area contributed by atoms with Gasteiger partial charge >= 0.3 is 6.09 Å². The van der Waals surface area contributed by atoms with E-state index in [4.69, 9.17) is 5.11 Å². The molecule has 1 rings (SSSR count). The number of hydrogen-bond acceptors (Lipinski definition) is 1. The lowest BCUT2D eigenvalue weighted by Gasteiger charge is -2.28. The molecule has 0 aromatic rings. The molecule has 3 nitrogen and oxygen atoms in total. The highest BCUT2D eigenvalue weighted by Gasteiger charge is 2.19. The van der Waals surface area contributed by atoms with Gasteiger partial charge in [-0.05, 0) is 18.8 Å². The molecule has 0 bridgehead atoms. The van der Waals surface area contributed by atoms with Crippen molar-refractivity contribution in [3.63, 3.8) is 0 Å². The van der Waals surface area contributed by atoms with Gasteiger partial charge in [0.15, 0.2) is 0 Å². The molecule has 10 heavy (non-hydrogen) atoms. The minimum Gasteiger partial charge on any atom is -0.465 e. The molecule has 1 heterocycles. The lowest BCUT2D eigenvalue weighted by molar-refractivity contribution is 0.123. The molecule has 1 N–H and O–H groups in total. The summed E-state index contributed by atoms with van der Waals surface area (Å²) in [5.41, 5.74) is 0. The summed E-state index contributed by atoms with van der Waals surface area (Å²) in [6.07, 6.45) is 1.42. The van der Waals surface area contributed by atoms with Gasteiger partial charge in [0.25, 0.3) is 0 Å². The van der Waals surface area contributed by atoms with Gasteiger partial charge in [0.05, 0.1) is 0 Å². The monoisotopic (exact) mass is 143 g/mol. The predicted molar refractivity (Wildman–Crippen MR) is 38.0 cm³/mol. The maximum atomic E-state index is 10.4. The number of carbonyl (C=O) groups is 1. The topological polar surface area (TPSA) is 40.5 Å². The van der Waals surface area contributed by atoms with E-state index in [2.05, 4.69) is 6.92 Å². The SMILES string of the molecule is CC1CCCN(C(=O)O)C1. The Morgan fingerprint density at radius 3 is 2.80 bits per heavy atom. The van der Waals surface area contributed by atoms with Crippen LogP contribution in [0.25, 0.3) is 0 Å². The number of amides is 1. The third kappa shape index (κ3) is 1.62. The van der Waals surface area contributed by atoms with Gasteiger partial charge in [0.1, 0.15) is 0 Å². The lowest BCUT2D eigenvalue weighted by atomic mass is 10.0. The van der Waals surface area contributed by atoms with Gasteiger partial charge in [-0.25, -0.2) is 4.79 Å². The Morgan fingerprint density at radius 2 is 2.40 bits per heavy atom. The normalized spacial score (nSPS) is 26.5. The minimum absolute atomic E-state index is 0.546. The van der Waals surface area contributed by atoms with E-state index in [-0.39, 0.29) is 0 Å². The largest absolute Gasteiger partial charge is 0.465 e. The highest BCUT2D eigenvalue weighted by molar-refractivity contribution is 5.64. The first kappa shape index (κ1) is 7.38. The Morgan fingerprint density at radius 1 is 1.70 bits per heavy atom. The average molecular weight is 143 g/mol. The van der Waals surface area contributed by atoms with Gasteiger partial charge in [0.2, 0.25) is 0 Å². The van der Waals surface area contributed by atoms with Crippen LogP contribution in [0.15, 0.2) is 0 Å². The van der Waals surface area contributed by atoms with Crippen LogP contribution in [-0.2, 0) is 0 Å². The molecule has 0 aromatic carbocycles. The minimum atomic E-state index is -0.772. The Kier molecular flexibility index (Phi) is 2.14. The second kappa shape index (κ2) is 2.90. The van der Waals surface area contributed by atoms with E-state index in [1.165, 1.54) is 11.3 Å². The molecule has 1 aliphatic heterocycles. The summed E-state index contributed by atoms with van der Waals surface area (Å²) in [7, 11) is 0. The lowest BCUT2D eigenvalue weighted by Crippen LogP contribution is -2.37. The molecular weight excluding hydrogens is 130 g/mol. The molecule has 1 aliphatic rings. The van der Waals surface area contributed by atoms with Gasteiger partial charge in [-0.15, -0.1) is 0 Å².